The van der Waals surface area contributed by atoms with Gasteiger partial charge >= 0.3 is 0 Å². The number of aromatic nitrogens is 1. The first-order valence-electron chi connectivity index (χ1n) is 6.16. The average molecular weight is 287 g/mol. The molecule has 0 aliphatic rings. The number of hydrogen-bond acceptors (Lipinski definition) is 3. The standard InChI is InChI=1S/C15H14FN3O2/c1-9-3-4-10(7-12(9)21-2)14(17)19-15(20)11-5-6-18-13(16)8-11/h3-8H,1-2H3,(H2,17,19,20). The number of amidine groups is 1. The summed E-state index contributed by atoms with van der Waals surface area (Å²) < 4.78 is 18.2. The fourth-order valence-corrected chi connectivity index (χ4v) is 1.75. The van der Waals surface area contributed by atoms with Crippen molar-refractivity contribution in [3.63, 3.8) is 0 Å². The first-order valence-corrected chi connectivity index (χ1v) is 6.16. The van der Waals surface area contributed by atoms with Crippen LogP contribution in [0.15, 0.2) is 41.5 Å². The van der Waals surface area contributed by atoms with Gasteiger partial charge in [-0.25, -0.2) is 4.98 Å². The number of carbonyl (C=O) groups is 1. The Bertz CT molecular complexity index is 714. The highest BCUT2D eigenvalue weighted by Gasteiger charge is 2.09. The Hall–Kier alpha value is -2.76. The normalized spacial score (nSPS) is 11.3. The quantitative estimate of drug-likeness (QED) is 0.532. The van der Waals surface area contributed by atoms with E-state index in [2.05, 4.69) is 9.98 Å². The number of methoxy groups -OCH3 is 1. The number of aliphatic imine (C=N–C) groups is 1. The van der Waals surface area contributed by atoms with Crippen molar-refractivity contribution < 1.29 is 13.9 Å². The van der Waals surface area contributed by atoms with E-state index in [1.54, 1.807) is 19.2 Å². The zero-order valence-electron chi connectivity index (χ0n) is 11.6. The molecule has 0 atom stereocenters. The minimum absolute atomic E-state index is 0.0375. The second kappa shape index (κ2) is 6.13. The lowest BCUT2D eigenvalue weighted by atomic mass is 10.1. The second-order valence-electron chi connectivity index (χ2n) is 4.35. The summed E-state index contributed by atoms with van der Waals surface area (Å²) in [5, 5.41) is 0. The van der Waals surface area contributed by atoms with E-state index in [9.17, 15) is 9.18 Å². The van der Waals surface area contributed by atoms with Gasteiger partial charge in [0.05, 0.1) is 7.11 Å². The Morgan fingerprint density at radius 3 is 2.71 bits per heavy atom. The zero-order chi connectivity index (χ0) is 15.4. The number of carbonyl (C=O) groups excluding carboxylic acids is 1. The van der Waals surface area contributed by atoms with Crippen molar-refractivity contribution in [3.8, 4) is 5.75 Å². The van der Waals surface area contributed by atoms with Gasteiger partial charge in [-0.1, -0.05) is 12.1 Å². The maximum atomic E-state index is 13.0. The minimum Gasteiger partial charge on any atom is -0.496 e. The lowest BCUT2D eigenvalue weighted by Gasteiger charge is -2.07. The average Bonchev–Trinajstić information content (AvgIpc) is 2.47. The largest absolute Gasteiger partial charge is 0.496 e. The molecule has 2 rings (SSSR count). The topological polar surface area (TPSA) is 77.6 Å². The van der Waals surface area contributed by atoms with Crippen LogP contribution in [0.4, 0.5) is 4.39 Å². The summed E-state index contributed by atoms with van der Waals surface area (Å²) in [6, 6.07) is 7.62. The molecule has 5 nitrogen and oxygen atoms in total. The molecule has 1 heterocycles. The molecule has 6 heteroatoms. The Kier molecular flexibility index (Phi) is 4.27. The highest BCUT2D eigenvalue weighted by molar-refractivity contribution is 6.08. The van der Waals surface area contributed by atoms with Gasteiger partial charge in [-0.05, 0) is 24.6 Å². The maximum absolute atomic E-state index is 13.0. The van der Waals surface area contributed by atoms with Gasteiger partial charge in [0, 0.05) is 23.4 Å². The molecule has 21 heavy (non-hydrogen) atoms. The van der Waals surface area contributed by atoms with Crippen LogP contribution in [-0.4, -0.2) is 23.8 Å². The number of benzene rings is 1. The van der Waals surface area contributed by atoms with Crippen molar-refractivity contribution in [2.45, 2.75) is 6.92 Å². The molecule has 0 saturated carbocycles. The first kappa shape index (κ1) is 14.6. The Balaban J connectivity index is 2.30. The molecule has 1 aromatic heterocycles. The molecule has 2 N–H and O–H groups in total. The van der Waals surface area contributed by atoms with Gasteiger partial charge < -0.3 is 10.5 Å². The van der Waals surface area contributed by atoms with Crippen molar-refractivity contribution in [3.05, 3.63) is 59.2 Å². The molecule has 0 bridgehead atoms. The van der Waals surface area contributed by atoms with Crippen LogP contribution in [0, 0.1) is 12.9 Å². The predicted molar refractivity (Wildman–Crippen MR) is 77.0 cm³/mol. The highest BCUT2D eigenvalue weighted by atomic mass is 19.1. The first-order chi connectivity index (χ1) is 10.0. The summed E-state index contributed by atoms with van der Waals surface area (Å²) in [6.07, 6.45) is 1.20. The van der Waals surface area contributed by atoms with Gasteiger partial charge in [0.1, 0.15) is 11.6 Å². The number of pyridine rings is 1. The molecule has 1 amide bonds. The number of halogens is 1. The molecular weight excluding hydrogens is 273 g/mol. The van der Waals surface area contributed by atoms with Crippen LogP contribution in [0.5, 0.6) is 5.75 Å². The molecular formula is C15H14FN3O2. The monoisotopic (exact) mass is 287 g/mol. The van der Waals surface area contributed by atoms with Gasteiger partial charge in [0.15, 0.2) is 0 Å². The van der Waals surface area contributed by atoms with Crippen molar-refractivity contribution in [1.29, 1.82) is 0 Å². The summed E-state index contributed by atoms with van der Waals surface area (Å²) in [7, 11) is 1.55. The van der Waals surface area contributed by atoms with Crippen molar-refractivity contribution in [2.24, 2.45) is 10.7 Å². The highest BCUT2D eigenvalue weighted by Crippen LogP contribution is 2.19. The summed E-state index contributed by atoms with van der Waals surface area (Å²) >= 11 is 0. The number of ether oxygens (including phenoxy) is 1. The van der Waals surface area contributed by atoms with Crippen molar-refractivity contribution in [2.75, 3.05) is 7.11 Å². The smallest absolute Gasteiger partial charge is 0.279 e. The fraction of sp³-hybridized carbons (Fsp3) is 0.133. The van der Waals surface area contributed by atoms with Crippen molar-refractivity contribution >= 4 is 11.7 Å². The third kappa shape index (κ3) is 3.42. The van der Waals surface area contributed by atoms with E-state index >= 15 is 0 Å². The lowest BCUT2D eigenvalue weighted by molar-refractivity contribution is 0.100. The molecule has 108 valence electrons. The number of rotatable bonds is 3. The van der Waals surface area contributed by atoms with Crippen LogP contribution in [-0.2, 0) is 0 Å². The number of hydrogen-bond donors (Lipinski definition) is 1. The maximum Gasteiger partial charge on any atom is 0.279 e. The molecule has 0 aliphatic heterocycles. The van der Waals surface area contributed by atoms with E-state index in [1.807, 2.05) is 13.0 Å². The molecule has 0 saturated heterocycles. The summed E-state index contributed by atoms with van der Waals surface area (Å²) in [6.45, 7) is 1.89. The van der Waals surface area contributed by atoms with Gasteiger partial charge in [-0.3, -0.25) is 4.79 Å². The van der Waals surface area contributed by atoms with E-state index in [1.165, 1.54) is 12.3 Å². The Morgan fingerprint density at radius 2 is 2.05 bits per heavy atom. The van der Waals surface area contributed by atoms with Crippen LogP contribution in [0.25, 0.3) is 0 Å². The number of aryl methyl sites for hydroxylation is 1. The van der Waals surface area contributed by atoms with E-state index in [0.717, 1.165) is 11.6 Å². The van der Waals surface area contributed by atoms with E-state index < -0.39 is 11.9 Å². The van der Waals surface area contributed by atoms with E-state index in [0.29, 0.717) is 11.3 Å². The summed E-state index contributed by atoms with van der Waals surface area (Å²) in [5.41, 5.74) is 7.39. The Morgan fingerprint density at radius 1 is 1.29 bits per heavy atom. The van der Waals surface area contributed by atoms with Crippen LogP contribution in [0.3, 0.4) is 0 Å². The van der Waals surface area contributed by atoms with Crippen LogP contribution in [0.1, 0.15) is 21.5 Å². The summed E-state index contributed by atoms with van der Waals surface area (Å²) in [5.74, 6) is -0.691. The minimum atomic E-state index is -0.744. The SMILES string of the molecule is COc1cc(C(N)=NC(=O)c2ccnc(F)c2)ccc1C. The predicted octanol–water partition coefficient (Wildman–Crippen LogP) is 2.08. The van der Waals surface area contributed by atoms with Crippen molar-refractivity contribution in [1.82, 2.24) is 4.98 Å². The van der Waals surface area contributed by atoms with Crippen LogP contribution < -0.4 is 10.5 Å². The number of nitrogens with zero attached hydrogens (tertiary/aromatic N) is 2. The van der Waals surface area contributed by atoms with Crippen LogP contribution in [0.2, 0.25) is 0 Å². The molecule has 1 aromatic carbocycles. The third-order valence-electron chi connectivity index (χ3n) is 2.90. The molecule has 0 aliphatic carbocycles. The lowest BCUT2D eigenvalue weighted by Crippen LogP contribution is -2.16. The molecule has 0 radical (unpaired) electrons. The van der Waals surface area contributed by atoms with Gasteiger partial charge in [-0.15, -0.1) is 0 Å². The second-order valence-corrected chi connectivity index (χ2v) is 4.35. The van der Waals surface area contributed by atoms with E-state index in [4.69, 9.17) is 10.5 Å². The number of nitrogens with two attached hydrogens (primary N) is 1. The van der Waals surface area contributed by atoms with Gasteiger partial charge in [0.2, 0.25) is 5.95 Å². The van der Waals surface area contributed by atoms with Gasteiger partial charge in [-0.2, -0.15) is 9.38 Å². The van der Waals surface area contributed by atoms with Crippen LogP contribution >= 0.6 is 0 Å². The molecule has 2 aromatic rings. The molecule has 0 unspecified atom stereocenters. The third-order valence-corrected chi connectivity index (χ3v) is 2.90. The Labute approximate surface area is 121 Å². The van der Waals surface area contributed by atoms with Gasteiger partial charge in [0.25, 0.3) is 5.91 Å². The molecule has 0 fully saturated rings. The molecule has 0 spiro atoms. The number of amides is 1. The summed E-state index contributed by atoms with van der Waals surface area (Å²) in [4.78, 5) is 19.1. The zero-order valence-corrected chi connectivity index (χ0v) is 11.6. The van der Waals surface area contributed by atoms with E-state index in [-0.39, 0.29) is 11.4 Å². The fourth-order valence-electron chi connectivity index (χ4n) is 1.75.